The number of H-pyrrole nitrogens is 1. The average Bonchev–Trinajstić information content (AvgIpc) is 2.70. The van der Waals surface area contributed by atoms with E-state index in [0.29, 0.717) is 0 Å². The summed E-state index contributed by atoms with van der Waals surface area (Å²) in [7, 11) is -5.28. The van der Waals surface area contributed by atoms with E-state index in [0.717, 1.165) is 18.2 Å². The molecule has 0 aliphatic heterocycles. The van der Waals surface area contributed by atoms with Gasteiger partial charge in [-0.1, -0.05) is 15.5 Å². The molecule has 1 N–H and O–H groups in total. The third-order valence-electron chi connectivity index (χ3n) is 3.83. The zero-order chi connectivity index (χ0) is 23.3. The van der Waals surface area contributed by atoms with Crippen molar-refractivity contribution in [2.45, 2.75) is 6.54 Å². The highest BCUT2D eigenvalue weighted by Crippen LogP contribution is 2.36. The summed E-state index contributed by atoms with van der Waals surface area (Å²) in [5.74, 6) is -0.196. The monoisotopic (exact) mass is 481 g/mol. The minimum Gasteiger partial charge on any atom is -0.488 e. The number of aromatic amines is 1. The van der Waals surface area contributed by atoms with Gasteiger partial charge in [0.25, 0.3) is 5.56 Å². The van der Waals surface area contributed by atoms with E-state index in [-0.39, 0.29) is 46.7 Å². The van der Waals surface area contributed by atoms with Gasteiger partial charge in [-0.05, 0) is 30.3 Å². The summed E-state index contributed by atoms with van der Waals surface area (Å²) in [6.07, 6.45) is 1.27. The first-order chi connectivity index (χ1) is 15.1. The van der Waals surface area contributed by atoms with Crippen LogP contribution in [0.2, 0.25) is 5.02 Å². The van der Waals surface area contributed by atoms with Crippen molar-refractivity contribution >= 4 is 22.1 Å². The molecule has 0 unspecified atom stereocenters. The molecule has 32 heavy (non-hydrogen) atoms. The third-order valence-corrected chi connectivity index (χ3v) is 4.44. The van der Waals surface area contributed by atoms with Gasteiger partial charge in [-0.25, -0.2) is 4.79 Å². The highest BCUT2D eigenvalue weighted by molar-refractivity contribution is 7.81. The van der Waals surface area contributed by atoms with E-state index in [1.807, 2.05) is 6.07 Å². The molecule has 10 nitrogen and oxygen atoms in total. The van der Waals surface area contributed by atoms with Gasteiger partial charge in [0.05, 0.1) is 18.2 Å². The number of aromatic nitrogens is 2. The molecule has 1 aromatic heterocycles. The summed E-state index contributed by atoms with van der Waals surface area (Å²) in [5, 5.41) is 9.31. The average molecular weight is 482 g/mol. The van der Waals surface area contributed by atoms with Crippen molar-refractivity contribution < 1.29 is 26.0 Å². The van der Waals surface area contributed by atoms with Gasteiger partial charge in [0.2, 0.25) is 0 Å². The molecule has 2 aromatic carbocycles. The highest BCUT2D eigenvalue weighted by atomic mass is 35.5. The second-order valence-corrected chi connectivity index (χ2v) is 7.52. The van der Waals surface area contributed by atoms with Crippen LogP contribution in [0.1, 0.15) is 5.56 Å². The van der Waals surface area contributed by atoms with Gasteiger partial charge in [0.15, 0.2) is 11.5 Å². The molecule has 0 amide bonds. The maximum Gasteiger partial charge on any atom is 0.488 e. The Labute approximate surface area is 185 Å². The number of nitriles is 1. The summed E-state index contributed by atoms with van der Waals surface area (Å²) in [4.78, 5) is 25.0. The van der Waals surface area contributed by atoms with E-state index in [1.165, 1.54) is 35.0 Å². The van der Waals surface area contributed by atoms with Crippen LogP contribution in [0.4, 0.5) is 3.89 Å². The van der Waals surface area contributed by atoms with Crippen LogP contribution >= 0.6 is 11.6 Å². The van der Waals surface area contributed by atoms with Crippen molar-refractivity contribution in [3.63, 3.8) is 0 Å². The van der Waals surface area contributed by atoms with Crippen LogP contribution in [0.5, 0.6) is 23.0 Å². The van der Waals surface area contributed by atoms with Crippen molar-refractivity contribution in [1.82, 2.24) is 9.55 Å². The maximum absolute atomic E-state index is 12.9. The van der Waals surface area contributed by atoms with Gasteiger partial charge in [0.1, 0.15) is 18.1 Å². The quantitative estimate of drug-likeness (QED) is 0.484. The number of hydrogen-bond acceptors (Lipinski definition) is 8. The lowest BCUT2D eigenvalue weighted by Crippen LogP contribution is -2.30. The molecule has 0 saturated carbocycles. The van der Waals surface area contributed by atoms with Crippen LogP contribution in [0.3, 0.4) is 0 Å². The summed E-state index contributed by atoms with van der Waals surface area (Å²) in [5.41, 5.74) is -0.976. The fourth-order valence-corrected chi connectivity index (χ4v) is 3.10. The van der Waals surface area contributed by atoms with Gasteiger partial charge < -0.3 is 13.7 Å². The molecular formula is C19H13ClFN3O7S. The van der Waals surface area contributed by atoms with E-state index >= 15 is 0 Å². The van der Waals surface area contributed by atoms with Crippen molar-refractivity contribution in [3.8, 4) is 29.1 Å². The van der Waals surface area contributed by atoms with Crippen molar-refractivity contribution in [3.05, 3.63) is 80.1 Å². The van der Waals surface area contributed by atoms with Crippen LogP contribution in [0.15, 0.2) is 58.3 Å². The smallest absolute Gasteiger partial charge is 0.488 e. The predicted octanol–water partition coefficient (Wildman–Crippen LogP) is 2.53. The fourth-order valence-electron chi connectivity index (χ4n) is 2.54. The topological polar surface area (TPSA) is 140 Å². The van der Waals surface area contributed by atoms with Crippen molar-refractivity contribution in [1.29, 1.82) is 5.26 Å². The lowest BCUT2D eigenvalue weighted by Gasteiger charge is -2.14. The zero-order valence-electron chi connectivity index (χ0n) is 15.9. The number of nitrogens with zero attached hydrogens (tertiary/aromatic N) is 2. The molecule has 3 rings (SSSR count). The van der Waals surface area contributed by atoms with Crippen LogP contribution in [0, 0.1) is 11.3 Å². The minimum absolute atomic E-state index is 0.0112. The first-order valence-electron chi connectivity index (χ1n) is 8.72. The Morgan fingerprint density at radius 1 is 1.09 bits per heavy atom. The third kappa shape index (κ3) is 6.34. The number of benzene rings is 2. The summed E-state index contributed by atoms with van der Waals surface area (Å²) >= 11 is 5.96. The standard InChI is InChI=1S/C19H13ClFN3O7S/c20-13-7-12(11-22)8-15(9-13)30-16-2-1-14(31-32(21,27)28)10-17(16)29-6-5-24-4-3-18(25)23-19(24)26/h1-4,7-10H,5-6H2,(H,23,25,26). The SMILES string of the molecule is N#Cc1cc(Cl)cc(Oc2ccc(OS(=O)(=O)F)cc2OCCn2ccc(=O)[nH]c2=O)c1. The summed E-state index contributed by atoms with van der Waals surface area (Å²) in [6.45, 7) is -0.107. The number of nitrogens with one attached hydrogen (secondary N) is 1. The van der Waals surface area contributed by atoms with Gasteiger partial charge in [-0.2, -0.15) is 13.7 Å². The minimum atomic E-state index is -5.28. The van der Waals surface area contributed by atoms with Crippen molar-refractivity contribution in [2.24, 2.45) is 0 Å². The van der Waals surface area contributed by atoms with Gasteiger partial charge in [0, 0.05) is 23.4 Å². The van der Waals surface area contributed by atoms with E-state index in [4.69, 9.17) is 26.3 Å². The normalized spacial score (nSPS) is 10.9. The Balaban J connectivity index is 1.87. The van der Waals surface area contributed by atoms with Crippen LogP contribution < -0.4 is 24.9 Å². The molecule has 3 aromatic rings. The molecule has 0 saturated heterocycles. The summed E-state index contributed by atoms with van der Waals surface area (Å²) in [6, 6.07) is 10.8. The Kier molecular flexibility index (Phi) is 6.82. The predicted molar refractivity (Wildman–Crippen MR) is 110 cm³/mol. The van der Waals surface area contributed by atoms with E-state index < -0.39 is 21.8 Å². The molecule has 0 radical (unpaired) electrons. The number of ether oxygens (including phenoxy) is 2. The van der Waals surface area contributed by atoms with Crippen LogP contribution in [0.25, 0.3) is 0 Å². The highest BCUT2D eigenvalue weighted by Gasteiger charge is 2.15. The largest absolute Gasteiger partial charge is 0.488 e. The Hall–Kier alpha value is -3.82. The molecule has 166 valence electrons. The molecule has 0 aliphatic rings. The van der Waals surface area contributed by atoms with Gasteiger partial charge >= 0.3 is 16.2 Å². The lowest BCUT2D eigenvalue weighted by atomic mass is 10.2. The molecule has 0 atom stereocenters. The molecular weight excluding hydrogens is 469 g/mol. The molecule has 13 heteroatoms. The first kappa shape index (κ1) is 22.9. The second-order valence-electron chi connectivity index (χ2n) is 6.13. The number of halogens is 2. The molecule has 0 fully saturated rings. The van der Waals surface area contributed by atoms with Gasteiger partial charge in [-0.15, -0.1) is 0 Å². The Morgan fingerprint density at radius 3 is 2.56 bits per heavy atom. The second kappa shape index (κ2) is 9.54. The van der Waals surface area contributed by atoms with E-state index in [9.17, 15) is 21.9 Å². The van der Waals surface area contributed by atoms with Crippen molar-refractivity contribution in [2.75, 3.05) is 6.61 Å². The summed E-state index contributed by atoms with van der Waals surface area (Å²) < 4.78 is 51.1. The Bertz CT molecular complexity index is 1410. The lowest BCUT2D eigenvalue weighted by molar-refractivity contribution is 0.282. The Morgan fingerprint density at radius 2 is 1.88 bits per heavy atom. The molecule has 1 heterocycles. The molecule has 0 bridgehead atoms. The maximum atomic E-state index is 12.9. The number of rotatable bonds is 8. The molecule has 0 spiro atoms. The number of hydrogen-bond donors (Lipinski definition) is 1. The van der Waals surface area contributed by atoms with Crippen LogP contribution in [-0.4, -0.2) is 24.6 Å². The fraction of sp³-hybridized carbons (Fsp3) is 0.105. The first-order valence-corrected chi connectivity index (χ1v) is 10.4. The van der Waals surface area contributed by atoms with Crippen LogP contribution in [-0.2, 0) is 17.0 Å². The van der Waals surface area contributed by atoms with E-state index in [2.05, 4.69) is 9.17 Å². The zero-order valence-corrected chi connectivity index (χ0v) is 17.5. The van der Waals surface area contributed by atoms with Gasteiger partial charge in [-0.3, -0.25) is 14.3 Å². The molecule has 0 aliphatic carbocycles. The van der Waals surface area contributed by atoms with E-state index in [1.54, 1.807) is 0 Å².